The lowest BCUT2D eigenvalue weighted by Gasteiger charge is -2.17. The maximum Gasteiger partial charge on any atom is 0.326 e. The van der Waals surface area contributed by atoms with E-state index in [-0.39, 0.29) is 18.0 Å². The summed E-state index contributed by atoms with van der Waals surface area (Å²) in [6.45, 7) is 4.09. The summed E-state index contributed by atoms with van der Waals surface area (Å²) in [7, 11) is 3.21. The van der Waals surface area contributed by atoms with E-state index >= 15 is 0 Å². The lowest BCUT2D eigenvalue weighted by Crippen LogP contribution is -2.32. The zero-order valence-corrected chi connectivity index (χ0v) is 8.57. The van der Waals surface area contributed by atoms with Crippen LogP contribution in [0.3, 0.4) is 0 Å². The molecule has 0 radical (unpaired) electrons. The van der Waals surface area contributed by atoms with Crippen LogP contribution >= 0.6 is 0 Å². The van der Waals surface area contributed by atoms with Crippen molar-refractivity contribution >= 4 is 11.9 Å². The van der Waals surface area contributed by atoms with Crippen molar-refractivity contribution in [1.29, 1.82) is 0 Å². The second-order valence-electron chi connectivity index (χ2n) is 3.94. The van der Waals surface area contributed by atoms with Gasteiger partial charge in [-0.3, -0.25) is 9.69 Å². The minimum absolute atomic E-state index is 0.0822. The van der Waals surface area contributed by atoms with Gasteiger partial charge in [-0.1, -0.05) is 13.8 Å². The zero-order valence-electron chi connectivity index (χ0n) is 8.57. The molecule has 1 heterocycles. The highest BCUT2D eigenvalue weighted by Gasteiger charge is 2.40. The van der Waals surface area contributed by atoms with E-state index in [9.17, 15) is 9.59 Å². The van der Waals surface area contributed by atoms with Crippen molar-refractivity contribution < 1.29 is 9.59 Å². The van der Waals surface area contributed by atoms with Crippen LogP contribution in [0.5, 0.6) is 0 Å². The molecule has 4 nitrogen and oxygen atoms in total. The molecular formula is C9H16N2O2. The van der Waals surface area contributed by atoms with Gasteiger partial charge in [-0.25, -0.2) is 4.79 Å². The Morgan fingerprint density at radius 2 is 1.85 bits per heavy atom. The highest BCUT2D eigenvalue weighted by atomic mass is 16.2. The van der Waals surface area contributed by atoms with Gasteiger partial charge in [-0.15, -0.1) is 0 Å². The Labute approximate surface area is 78.5 Å². The Morgan fingerprint density at radius 3 is 2.15 bits per heavy atom. The fourth-order valence-corrected chi connectivity index (χ4v) is 1.56. The van der Waals surface area contributed by atoms with E-state index in [1.54, 1.807) is 7.05 Å². The van der Waals surface area contributed by atoms with Crippen LogP contribution in [-0.2, 0) is 4.79 Å². The van der Waals surface area contributed by atoms with Crippen LogP contribution in [0.2, 0.25) is 0 Å². The molecule has 1 saturated heterocycles. The Bertz CT molecular complexity index is 238. The fourth-order valence-electron chi connectivity index (χ4n) is 1.56. The molecule has 1 aliphatic rings. The number of hydrogen-bond acceptors (Lipinski definition) is 2. The Hall–Kier alpha value is -1.06. The Kier molecular flexibility index (Phi) is 2.59. The van der Waals surface area contributed by atoms with Crippen LogP contribution in [0.25, 0.3) is 0 Å². The minimum Gasteiger partial charge on any atom is -0.315 e. The van der Waals surface area contributed by atoms with Crippen LogP contribution in [0.1, 0.15) is 20.3 Å². The van der Waals surface area contributed by atoms with E-state index < -0.39 is 0 Å². The summed E-state index contributed by atoms with van der Waals surface area (Å²) in [4.78, 5) is 25.6. The molecule has 3 amide bonds. The average molecular weight is 184 g/mol. The van der Waals surface area contributed by atoms with Crippen LogP contribution < -0.4 is 0 Å². The van der Waals surface area contributed by atoms with Gasteiger partial charge in [-0.05, 0) is 12.3 Å². The first kappa shape index (κ1) is 10.0. The molecule has 0 saturated carbocycles. The number of likely N-dealkylation sites (N-methyl/N-ethyl adjacent to an activating group) is 2. The number of carbonyl (C=O) groups is 2. The third-order valence-corrected chi connectivity index (χ3v) is 2.37. The quantitative estimate of drug-likeness (QED) is 0.599. The highest BCUT2D eigenvalue weighted by Crippen LogP contribution is 2.19. The number of urea groups is 1. The normalized spacial score (nSPS) is 23.6. The predicted octanol–water partition coefficient (Wildman–Crippen LogP) is 0.925. The number of carbonyl (C=O) groups excluding carboxylic acids is 2. The summed E-state index contributed by atoms with van der Waals surface area (Å²) >= 11 is 0. The molecule has 74 valence electrons. The van der Waals surface area contributed by atoms with Crippen molar-refractivity contribution in [1.82, 2.24) is 9.80 Å². The smallest absolute Gasteiger partial charge is 0.315 e. The summed E-state index contributed by atoms with van der Waals surface area (Å²) in [5.74, 6) is 0.344. The second kappa shape index (κ2) is 3.36. The molecule has 0 aromatic heterocycles. The maximum absolute atomic E-state index is 11.5. The molecule has 0 bridgehead atoms. The molecule has 0 aliphatic carbocycles. The molecule has 0 aromatic carbocycles. The van der Waals surface area contributed by atoms with Gasteiger partial charge in [0.1, 0.15) is 6.04 Å². The minimum atomic E-state index is -0.252. The number of amides is 3. The largest absolute Gasteiger partial charge is 0.326 e. The van der Waals surface area contributed by atoms with Crippen molar-refractivity contribution in [3.63, 3.8) is 0 Å². The summed E-state index contributed by atoms with van der Waals surface area (Å²) < 4.78 is 0. The molecular weight excluding hydrogens is 168 g/mol. The molecule has 0 N–H and O–H groups in total. The lowest BCUT2D eigenvalue weighted by molar-refractivity contribution is -0.127. The third kappa shape index (κ3) is 1.66. The van der Waals surface area contributed by atoms with Gasteiger partial charge in [-0.2, -0.15) is 0 Å². The van der Waals surface area contributed by atoms with Crippen LogP contribution in [-0.4, -0.2) is 41.9 Å². The van der Waals surface area contributed by atoms with Gasteiger partial charge in [0.05, 0.1) is 0 Å². The van der Waals surface area contributed by atoms with E-state index in [2.05, 4.69) is 0 Å². The van der Waals surface area contributed by atoms with Gasteiger partial charge in [0, 0.05) is 14.1 Å². The summed E-state index contributed by atoms with van der Waals surface area (Å²) in [6.07, 6.45) is 0.741. The first-order valence-electron chi connectivity index (χ1n) is 4.49. The summed E-state index contributed by atoms with van der Waals surface area (Å²) in [5, 5.41) is 0. The van der Waals surface area contributed by atoms with E-state index in [1.807, 2.05) is 13.8 Å². The van der Waals surface area contributed by atoms with Gasteiger partial charge >= 0.3 is 6.03 Å². The van der Waals surface area contributed by atoms with E-state index in [0.717, 1.165) is 6.42 Å². The van der Waals surface area contributed by atoms with Gasteiger partial charge in [0.2, 0.25) is 0 Å². The molecule has 4 heteroatoms. The lowest BCUT2D eigenvalue weighted by atomic mass is 10.0. The molecule has 1 rings (SSSR count). The first-order chi connectivity index (χ1) is 5.95. The SMILES string of the molecule is CC(C)C[C@H]1C(=O)N(C)C(=O)N1C. The van der Waals surface area contributed by atoms with Crippen molar-refractivity contribution in [3.05, 3.63) is 0 Å². The van der Waals surface area contributed by atoms with Gasteiger partial charge in [0.15, 0.2) is 0 Å². The second-order valence-corrected chi connectivity index (χ2v) is 3.94. The van der Waals surface area contributed by atoms with Crippen LogP contribution in [0.15, 0.2) is 0 Å². The standard InChI is InChI=1S/C9H16N2O2/c1-6(2)5-7-8(12)11(4)9(13)10(7)3/h6-7H,5H2,1-4H3/t7-/m0/s1. The van der Waals surface area contributed by atoms with Crippen molar-refractivity contribution in [2.75, 3.05) is 14.1 Å². The van der Waals surface area contributed by atoms with Gasteiger partial charge < -0.3 is 4.90 Å². The van der Waals surface area contributed by atoms with Crippen molar-refractivity contribution in [2.45, 2.75) is 26.3 Å². The monoisotopic (exact) mass is 184 g/mol. The first-order valence-corrected chi connectivity index (χ1v) is 4.49. The maximum atomic E-state index is 11.5. The average Bonchev–Trinajstić information content (AvgIpc) is 2.22. The number of nitrogens with zero attached hydrogens (tertiary/aromatic N) is 2. The number of hydrogen-bond donors (Lipinski definition) is 0. The number of rotatable bonds is 2. The molecule has 13 heavy (non-hydrogen) atoms. The van der Waals surface area contributed by atoms with Crippen molar-refractivity contribution in [2.24, 2.45) is 5.92 Å². The highest BCUT2D eigenvalue weighted by molar-refractivity contribution is 6.03. The number of imide groups is 1. The van der Waals surface area contributed by atoms with Crippen molar-refractivity contribution in [3.8, 4) is 0 Å². The van der Waals surface area contributed by atoms with E-state index in [0.29, 0.717) is 5.92 Å². The Morgan fingerprint density at radius 1 is 1.31 bits per heavy atom. The molecule has 1 aliphatic heterocycles. The van der Waals surface area contributed by atoms with Gasteiger partial charge in [0.25, 0.3) is 5.91 Å². The summed E-state index contributed by atoms with van der Waals surface area (Å²) in [5.41, 5.74) is 0. The van der Waals surface area contributed by atoms with Crippen LogP contribution in [0, 0.1) is 5.92 Å². The fraction of sp³-hybridized carbons (Fsp3) is 0.778. The molecule has 1 fully saturated rings. The molecule has 1 atom stereocenters. The zero-order chi connectivity index (χ0) is 10.2. The molecule has 0 aromatic rings. The van der Waals surface area contributed by atoms with E-state index in [4.69, 9.17) is 0 Å². The van der Waals surface area contributed by atoms with E-state index in [1.165, 1.54) is 16.8 Å². The Balaban J connectivity index is 2.75. The summed E-state index contributed by atoms with van der Waals surface area (Å²) in [6, 6.07) is -0.451. The molecule has 0 spiro atoms. The topological polar surface area (TPSA) is 40.6 Å². The third-order valence-electron chi connectivity index (χ3n) is 2.37. The molecule has 0 unspecified atom stereocenters. The van der Waals surface area contributed by atoms with Crippen LogP contribution in [0.4, 0.5) is 4.79 Å². The predicted molar refractivity (Wildman–Crippen MR) is 49.2 cm³/mol.